The van der Waals surface area contributed by atoms with E-state index in [1.165, 1.54) is 24.5 Å². The first-order chi connectivity index (χ1) is 13.3. The minimum atomic E-state index is -3.72. The van der Waals surface area contributed by atoms with Crippen LogP contribution < -0.4 is 14.8 Å². The molecule has 0 spiro atoms. The van der Waals surface area contributed by atoms with E-state index in [1.54, 1.807) is 24.4 Å². The van der Waals surface area contributed by atoms with E-state index in [0.717, 1.165) is 5.56 Å². The van der Waals surface area contributed by atoms with Crippen LogP contribution >= 0.6 is 11.6 Å². The van der Waals surface area contributed by atoms with E-state index in [1.807, 2.05) is 6.92 Å². The van der Waals surface area contributed by atoms with Crippen LogP contribution in [0, 0.1) is 6.92 Å². The number of hydrogen-bond acceptors (Lipinski definition) is 5. The number of fused-ring (bicyclic) bond motifs is 1. The van der Waals surface area contributed by atoms with Gasteiger partial charge in [-0.05, 0) is 36.8 Å². The Balaban J connectivity index is 1.55. The fourth-order valence-electron chi connectivity index (χ4n) is 2.69. The molecule has 0 bridgehead atoms. The molecule has 1 aliphatic heterocycles. The van der Waals surface area contributed by atoms with Gasteiger partial charge in [-0.25, -0.2) is 4.98 Å². The average molecular weight is 404 g/mol. The molecule has 0 aliphatic carbocycles. The van der Waals surface area contributed by atoms with Crippen LogP contribution in [0.1, 0.15) is 15.9 Å². The highest BCUT2D eigenvalue weighted by Gasteiger charge is 2.43. The van der Waals surface area contributed by atoms with Gasteiger partial charge in [0, 0.05) is 35.8 Å². The van der Waals surface area contributed by atoms with Crippen molar-refractivity contribution >= 4 is 23.3 Å². The van der Waals surface area contributed by atoms with E-state index in [2.05, 4.69) is 24.8 Å². The molecule has 0 saturated heterocycles. The van der Waals surface area contributed by atoms with Crippen molar-refractivity contribution in [3.05, 3.63) is 65.1 Å². The largest absolute Gasteiger partial charge is 0.586 e. The molecule has 3 heterocycles. The number of hydrogen-bond donors (Lipinski definition) is 1. The van der Waals surface area contributed by atoms with Gasteiger partial charge in [0.05, 0.1) is 10.6 Å². The lowest BCUT2D eigenvalue weighted by molar-refractivity contribution is -0.286. The SMILES string of the molecule is Cc1cncc(C(=O)Nc2ccc(-c3cc4c(cc3Cl)OC(F)(F)O4)cn2)c1. The second kappa shape index (κ2) is 6.72. The van der Waals surface area contributed by atoms with E-state index >= 15 is 0 Å². The molecule has 1 amide bonds. The molecule has 0 atom stereocenters. The van der Waals surface area contributed by atoms with Gasteiger partial charge in [0.15, 0.2) is 11.5 Å². The summed E-state index contributed by atoms with van der Waals surface area (Å²) in [6, 6.07) is 7.54. The van der Waals surface area contributed by atoms with Gasteiger partial charge in [-0.3, -0.25) is 9.78 Å². The van der Waals surface area contributed by atoms with Gasteiger partial charge in [0.1, 0.15) is 5.82 Å². The van der Waals surface area contributed by atoms with Crippen molar-refractivity contribution in [3.8, 4) is 22.6 Å². The Hall–Kier alpha value is -3.26. The lowest BCUT2D eigenvalue weighted by Crippen LogP contribution is -2.25. The van der Waals surface area contributed by atoms with Crippen molar-refractivity contribution in [3.63, 3.8) is 0 Å². The zero-order valence-corrected chi connectivity index (χ0v) is 15.1. The highest BCUT2D eigenvalue weighted by atomic mass is 35.5. The molecular weight excluding hydrogens is 392 g/mol. The molecule has 4 rings (SSSR count). The Bertz CT molecular complexity index is 1070. The van der Waals surface area contributed by atoms with Crippen molar-refractivity contribution in [2.45, 2.75) is 13.2 Å². The maximum atomic E-state index is 13.2. The summed E-state index contributed by atoms with van der Waals surface area (Å²) in [4.78, 5) is 20.4. The van der Waals surface area contributed by atoms with Crippen LogP contribution in [0.25, 0.3) is 11.1 Å². The van der Waals surface area contributed by atoms with Gasteiger partial charge < -0.3 is 14.8 Å². The van der Waals surface area contributed by atoms with Gasteiger partial charge >= 0.3 is 6.29 Å². The molecule has 28 heavy (non-hydrogen) atoms. The second-order valence-electron chi connectivity index (χ2n) is 6.08. The Morgan fingerprint density at radius 1 is 1.11 bits per heavy atom. The Kier molecular flexibility index (Phi) is 4.35. The molecule has 0 unspecified atom stereocenters. The van der Waals surface area contributed by atoms with Crippen molar-refractivity contribution < 1.29 is 23.0 Å². The van der Waals surface area contributed by atoms with E-state index in [4.69, 9.17) is 11.6 Å². The first-order valence-electron chi connectivity index (χ1n) is 8.09. The van der Waals surface area contributed by atoms with Crippen LogP contribution in [0.2, 0.25) is 5.02 Å². The van der Waals surface area contributed by atoms with Crippen LogP contribution in [-0.4, -0.2) is 22.2 Å². The summed E-state index contributed by atoms with van der Waals surface area (Å²) in [5.74, 6) is -0.283. The number of pyridine rings is 2. The zero-order valence-electron chi connectivity index (χ0n) is 14.4. The Morgan fingerprint density at radius 2 is 1.86 bits per heavy atom. The number of nitrogens with one attached hydrogen (secondary N) is 1. The molecule has 1 aliphatic rings. The van der Waals surface area contributed by atoms with E-state index in [-0.39, 0.29) is 22.4 Å². The summed E-state index contributed by atoms with van der Waals surface area (Å²) in [7, 11) is 0. The second-order valence-corrected chi connectivity index (χ2v) is 6.49. The summed E-state index contributed by atoms with van der Waals surface area (Å²) in [5, 5.41) is 2.86. The normalized spacial score (nSPS) is 14.0. The average Bonchev–Trinajstić information content (AvgIpc) is 2.94. The third kappa shape index (κ3) is 3.59. The number of benzene rings is 1. The maximum absolute atomic E-state index is 13.2. The highest BCUT2D eigenvalue weighted by Crippen LogP contribution is 2.45. The number of amides is 1. The van der Waals surface area contributed by atoms with Gasteiger partial charge in [0.25, 0.3) is 5.91 Å². The number of alkyl halides is 2. The Morgan fingerprint density at radius 3 is 2.54 bits per heavy atom. The summed E-state index contributed by atoms with van der Waals surface area (Å²) < 4.78 is 35.2. The first kappa shape index (κ1) is 18.1. The molecule has 1 N–H and O–H groups in total. The predicted molar refractivity (Wildman–Crippen MR) is 97.8 cm³/mol. The number of ether oxygens (including phenoxy) is 2. The van der Waals surface area contributed by atoms with E-state index in [9.17, 15) is 13.6 Å². The van der Waals surface area contributed by atoms with Crippen molar-refractivity contribution in [2.75, 3.05) is 5.32 Å². The molecular formula is C19H12ClF2N3O3. The van der Waals surface area contributed by atoms with E-state index in [0.29, 0.717) is 22.5 Å². The molecule has 0 radical (unpaired) electrons. The summed E-state index contributed by atoms with van der Waals surface area (Å²) in [6.07, 6.45) is 0.848. The minimum absolute atomic E-state index is 0.117. The molecule has 0 saturated carbocycles. The molecule has 6 nitrogen and oxygen atoms in total. The lowest BCUT2D eigenvalue weighted by Gasteiger charge is -2.08. The van der Waals surface area contributed by atoms with Crippen LogP contribution in [0.5, 0.6) is 11.5 Å². The van der Waals surface area contributed by atoms with Crippen LogP contribution in [-0.2, 0) is 0 Å². The molecule has 2 aromatic heterocycles. The molecule has 0 fully saturated rings. The van der Waals surface area contributed by atoms with Gasteiger partial charge in [-0.1, -0.05) is 11.6 Å². The molecule has 142 valence electrons. The molecule has 9 heteroatoms. The summed E-state index contributed by atoms with van der Waals surface area (Å²) in [5.41, 5.74) is 2.27. The summed E-state index contributed by atoms with van der Waals surface area (Å²) in [6.45, 7) is 1.84. The third-order valence-corrected chi connectivity index (χ3v) is 4.26. The van der Waals surface area contributed by atoms with Gasteiger partial charge in [0.2, 0.25) is 0 Å². The molecule has 3 aromatic rings. The number of aromatic nitrogens is 2. The number of anilines is 1. The number of nitrogens with zero attached hydrogens (tertiary/aromatic N) is 2. The quantitative estimate of drug-likeness (QED) is 0.687. The number of carbonyl (C=O) groups excluding carboxylic acids is 1. The summed E-state index contributed by atoms with van der Waals surface area (Å²) >= 11 is 6.17. The van der Waals surface area contributed by atoms with Crippen molar-refractivity contribution in [2.24, 2.45) is 0 Å². The molecule has 1 aromatic carbocycles. The standard InChI is InChI=1S/C19H12ClF2N3O3/c1-10-4-12(8-23-7-10)18(26)25-17-3-2-11(9-24-17)13-5-15-16(6-14(13)20)28-19(21,22)27-15/h2-9H,1H3,(H,24,25,26). The fourth-order valence-corrected chi connectivity index (χ4v) is 2.95. The van der Waals surface area contributed by atoms with Gasteiger partial charge in [-0.2, -0.15) is 0 Å². The zero-order chi connectivity index (χ0) is 19.9. The minimum Gasteiger partial charge on any atom is -0.395 e. The van der Waals surface area contributed by atoms with Gasteiger partial charge in [-0.15, -0.1) is 8.78 Å². The maximum Gasteiger partial charge on any atom is 0.586 e. The highest BCUT2D eigenvalue weighted by molar-refractivity contribution is 6.33. The smallest absolute Gasteiger partial charge is 0.395 e. The number of halogens is 3. The van der Waals surface area contributed by atoms with Crippen molar-refractivity contribution in [1.29, 1.82) is 0 Å². The first-order valence-corrected chi connectivity index (χ1v) is 8.47. The van der Waals surface area contributed by atoms with E-state index < -0.39 is 6.29 Å². The number of carbonyl (C=O) groups is 1. The third-order valence-electron chi connectivity index (χ3n) is 3.94. The van der Waals surface area contributed by atoms with Crippen LogP contribution in [0.3, 0.4) is 0 Å². The number of rotatable bonds is 3. The number of aryl methyl sites for hydroxylation is 1. The topological polar surface area (TPSA) is 73.3 Å². The van der Waals surface area contributed by atoms with Crippen LogP contribution in [0.4, 0.5) is 14.6 Å². The Labute approximate surface area is 163 Å². The predicted octanol–water partition coefficient (Wildman–Crippen LogP) is 4.68. The van der Waals surface area contributed by atoms with Crippen molar-refractivity contribution in [1.82, 2.24) is 9.97 Å². The monoisotopic (exact) mass is 403 g/mol. The van der Waals surface area contributed by atoms with Crippen LogP contribution in [0.15, 0.2) is 48.9 Å². The fraction of sp³-hybridized carbons (Fsp3) is 0.105. The lowest BCUT2D eigenvalue weighted by atomic mass is 10.1.